The molecule has 3 unspecified atom stereocenters. The summed E-state index contributed by atoms with van der Waals surface area (Å²) >= 11 is 0. The molecule has 0 aromatic carbocycles. The van der Waals surface area contributed by atoms with Crippen LogP contribution in [0.4, 0.5) is 0 Å². The van der Waals surface area contributed by atoms with Crippen molar-refractivity contribution >= 4 is 6.21 Å². The first kappa shape index (κ1) is 21.6. The van der Waals surface area contributed by atoms with E-state index < -0.39 is 5.60 Å². The Balaban J connectivity index is 1.46. The summed E-state index contributed by atoms with van der Waals surface area (Å²) in [4.78, 5) is 5.30. The molecule has 0 aliphatic heterocycles. The van der Waals surface area contributed by atoms with Gasteiger partial charge in [0.05, 0.1) is 11.7 Å². The van der Waals surface area contributed by atoms with Gasteiger partial charge in [0.25, 0.3) is 0 Å². The summed E-state index contributed by atoms with van der Waals surface area (Å²) in [5.74, 6) is 2.14. The zero-order chi connectivity index (χ0) is 20.7. The molecule has 0 aromatic heterocycles. The normalized spacial score (nSPS) is 49.5. The fourth-order valence-electron chi connectivity index (χ4n) is 8.12. The van der Waals surface area contributed by atoms with E-state index in [4.69, 9.17) is 10.6 Å². The molecule has 4 aliphatic carbocycles. The highest BCUT2D eigenvalue weighted by Crippen LogP contribution is 2.69. The van der Waals surface area contributed by atoms with Gasteiger partial charge >= 0.3 is 0 Å². The van der Waals surface area contributed by atoms with Crippen molar-refractivity contribution in [1.29, 1.82) is 0 Å². The van der Waals surface area contributed by atoms with Crippen molar-refractivity contribution in [3.8, 4) is 0 Å². The Morgan fingerprint density at radius 2 is 1.90 bits per heavy atom. The van der Waals surface area contributed by atoms with E-state index in [9.17, 15) is 10.2 Å². The zero-order valence-corrected chi connectivity index (χ0v) is 18.5. The summed E-state index contributed by atoms with van der Waals surface area (Å²) in [6, 6.07) is 0. The zero-order valence-electron chi connectivity index (χ0n) is 18.5. The van der Waals surface area contributed by atoms with E-state index in [1.807, 2.05) is 6.21 Å². The van der Waals surface area contributed by atoms with Crippen LogP contribution in [-0.4, -0.2) is 41.3 Å². The average Bonchev–Trinajstić information content (AvgIpc) is 2.96. The SMILES string of the molecule is C[C@]12CCC(O)CC1CC[C@@H]1[C@H]2CC[C@]2(C)C(C/C=N\OCCCN)CC[C@@]12O. The summed E-state index contributed by atoms with van der Waals surface area (Å²) in [5.41, 5.74) is 5.23. The largest absolute Gasteiger partial charge is 0.396 e. The number of nitrogens with two attached hydrogens (primary N) is 1. The Hall–Kier alpha value is -0.650. The fourth-order valence-corrected chi connectivity index (χ4v) is 8.12. The quantitative estimate of drug-likeness (QED) is 0.355. The summed E-state index contributed by atoms with van der Waals surface area (Å²) in [5, 5.41) is 26.5. The van der Waals surface area contributed by atoms with Crippen LogP contribution in [-0.2, 0) is 4.84 Å². The van der Waals surface area contributed by atoms with E-state index >= 15 is 0 Å². The minimum atomic E-state index is -0.543. The maximum Gasteiger partial charge on any atom is 0.118 e. The van der Waals surface area contributed by atoms with Gasteiger partial charge in [0.1, 0.15) is 6.61 Å². The van der Waals surface area contributed by atoms with E-state index in [1.165, 1.54) is 12.8 Å². The summed E-state index contributed by atoms with van der Waals surface area (Å²) < 4.78 is 0. The maximum absolute atomic E-state index is 12.1. The molecule has 166 valence electrons. The number of oxime groups is 1. The predicted octanol–water partition coefficient (Wildman–Crippen LogP) is 3.86. The van der Waals surface area contributed by atoms with Crippen molar-refractivity contribution < 1.29 is 15.1 Å². The van der Waals surface area contributed by atoms with E-state index in [0.717, 1.165) is 57.8 Å². The van der Waals surface area contributed by atoms with Crippen molar-refractivity contribution in [3.05, 3.63) is 0 Å². The standard InChI is InChI=1S/C24H42N2O3/c1-22-10-7-19(27)16-18(22)4-5-21-20(22)8-11-23(2)17(6-12-24(21,23)28)9-14-26-29-15-3-13-25/h14,17-21,27-28H,3-13,15-16,25H2,1-2H3/b26-14-/t17?,18?,19?,20-,21-,22+,23-,24-/m1/s1. The Bertz CT molecular complexity index is 613. The maximum atomic E-state index is 12.1. The Morgan fingerprint density at radius 1 is 1.07 bits per heavy atom. The highest BCUT2D eigenvalue weighted by atomic mass is 16.6. The summed E-state index contributed by atoms with van der Waals surface area (Å²) in [7, 11) is 0. The minimum absolute atomic E-state index is 0.0190. The first-order chi connectivity index (χ1) is 13.8. The third-order valence-corrected chi connectivity index (χ3v) is 10.00. The molecule has 0 heterocycles. The smallest absolute Gasteiger partial charge is 0.118 e. The van der Waals surface area contributed by atoms with Gasteiger partial charge in [0.15, 0.2) is 0 Å². The van der Waals surface area contributed by atoms with Crippen LogP contribution >= 0.6 is 0 Å². The average molecular weight is 407 g/mol. The molecule has 0 aromatic rings. The molecule has 0 saturated heterocycles. The van der Waals surface area contributed by atoms with Gasteiger partial charge in [-0.05, 0) is 112 Å². The highest BCUT2D eigenvalue weighted by Gasteiger charge is 2.66. The molecule has 4 N–H and O–H groups in total. The predicted molar refractivity (Wildman–Crippen MR) is 115 cm³/mol. The Morgan fingerprint density at radius 3 is 2.69 bits per heavy atom. The molecule has 5 heteroatoms. The van der Waals surface area contributed by atoms with Gasteiger partial charge in [0, 0.05) is 6.21 Å². The Kier molecular flexibility index (Phi) is 6.04. The number of hydrogen-bond acceptors (Lipinski definition) is 5. The number of aliphatic hydroxyl groups excluding tert-OH is 1. The lowest BCUT2D eigenvalue weighted by Gasteiger charge is -2.63. The second-order valence-corrected chi connectivity index (χ2v) is 11.0. The molecule has 4 fully saturated rings. The van der Waals surface area contributed by atoms with Crippen molar-refractivity contribution in [2.24, 2.45) is 45.4 Å². The molecule has 5 nitrogen and oxygen atoms in total. The third-order valence-electron chi connectivity index (χ3n) is 10.00. The van der Waals surface area contributed by atoms with Crippen molar-refractivity contribution in [3.63, 3.8) is 0 Å². The van der Waals surface area contributed by atoms with E-state index in [-0.39, 0.29) is 11.5 Å². The van der Waals surface area contributed by atoms with Crippen LogP contribution in [0.3, 0.4) is 0 Å². The first-order valence-electron chi connectivity index (χ1n) is 12.1. The van der Waals surface area contributed by atoms with E-state index in [2.05, 4.69) is 19.0 Å². The van der Waals surface area contributed by atoms with Crippen molar-refractivity contribution in [2.75, 3.05) is 13.2 Å². The highest BCUT2D eigenvalue weighted by molar-refractivity contribution is 5.57. The molecular weight excluding hydrogens is 364 g/mol. The monoisotopic (exact) mass is 406 g/mol. The van der Waals surface area contributed by atoms with Gasteiger partial charge in [-0.15, -0.1) is 0 Å². The van der Waals surface area contributed by atoms with Crippen LogP contribution in [0.5, 0.6) is 0 Å². The van der Waals surface area contributed by atoms with E-state index in [0.29, 0.717) is 42.2 Å². The Labute approximate surface area is 176 Å². The van der Waals surface area contributed by atoms with Crippen molar-refractivity contribution in [2.45, 2.75) is 96.2 Å². The lowest BCUT2D eigenvalue weighted by atomic mass is 9.43. The van der Waals surface area contributed by atoms with Gasteiger partial charge in [-0.1, -0.05) is 19.0 Å². The molecule has 0 spiro atoms. The topological polar surface area (TPSA) is 88.1 Å². The van der Waals surface area contributed by atoms with Crippen LogP contribution in [0.25, 0.3) is 0 Å². The lowest BCUT2D eigenvalue weighted by Crippen LogP contribution is -2.62. The molecule has 0 amide bonds. The van der Waals surface area contributed by atoms with Crippen LogP contribution < -0.4 is 5.73 Å². The molecule has 29 heavy (non-hydrogen) atoms. The van der Waals surface area contributed by atoms with Crippen LogP contribution in [0, 0.1) is 34.5 Å². The fraction of sp³-hybridized carbons (Fsp3) is 0.958. The minimum Gasteiger partial charge on any atom is -0.396 e. The molecular formula is C24H42N2O3. The molecule has 8 atom stereocenters. The van der Waals surface area contributed by atoms with Gasteiger partial charge in [0.2, 0.25) is 0 Å². The second-order valence-electron chi connectivity index (χ2n) is 11.0. The van der Waals surface area contributed by atoms with Gasteiger partial charge in [-0.25, -0.2) is 0 Å². The van der Waals surface area contributed by atoms with Crippen LogP contribution in [0.1, 0.15) is 84.5 Å². The third kappa shape index (κ3) is 3.45. The summed E-state index contributed by atoms with van der Waals surface area (Å²) in [6.07, 6.45) is 13.2. The number of fused-ring (bicyclic) bond motifs is 5. The van der Waals surface area contributed by atoms with Crippen molar-refractivity contribution in [1.82, 2.24) is 0 Å². The van der Waals surface area contributed by atoms with E-state index in [1.54, 1.807) is 0 Å². The van der Waals surface area contributed by atoms with Crippen LogP contribution in [0.15, 0.2) is 5.16 Å². The number of rotatable bonds is 6. The van der Waals surface area contributed by atoms with Gasteiger partial charge in [-0.3, -0.25) is 0 Å². The first-order valence-corrected chi connectivity index (χ1v) is 12.1. The summed E-state index contributed by atoms with van der Waals surface area (Å²) in [6.45, 7) is 6.04. The molecule has 4 rings (SSSR count). The lowest BCUT2D eigenvalue weighted by molar-refractivity contribution is -0.209. The van der Waals surface area contributed by atoms with Gasteiger partial charge in [-0.2, -0.15) is 0 Å². The van der Waals surface area contributed by atoms with Gasteiger partial charge < -0.3 is 20.8 Å². The molecule has 0 bridgehead atoms. The van der Waals surface area contributed by atoms with Crippen LogP contribution in [0.2, 0.25) is 0 Å². The number of aliphatic hydroxyl groups is 2. The molecule has 0 radical (unpaired) electrons. The number of hydrogen-bond donors (Lipinski definition) is 3. The second kappa shape index (κ2) is 8.12. The number of nitrogens with zero attached hydrogens (tertiary/aromatic N) is 1. The molecule has 4 aliphatic rings. The molecule has 4 saturated carbocycles.